The van der Waals surface area contributed by atoms with Gasteiger partial charge in [-0.25, -0.2) is 4.98 Å². The average Bonchev–Trinajstić information content (AvgIpc) is 3.03. The van der Waals surface area contributed by atoms with E-state index in [4.69, 9.17) is 0 Å². The standard InChI is InChI=1S/C16H20N4O2S/c1-11-4-12(6-17-5-11)16(22)19-14-2-3-20(8-15(14)21)7-13-9-23-10-18-13/h4-6,9-10,14-15,21H,2-3,7-8H2,1H3,(H,19,22)/t14-,15-/m1/s1. The van der Waals surface area contributed by atoms with E-state index in [0.29, 0.717) is 12.1 Å². The number of pyridine rings is 1. The average molecular weight is 332 g/mol. The first-order chi connectivity index (χ1) is 11.1. The van der Waals surface area contributed by atoms with Gasteiger partial charge in [-0.15, -0.1) is 11.3 Å². The van der Waals surface area contributed by atoms with Gasteiger partial charge in [0.15, 0.2) is 0 Å². The van der Waals surface area contributed by atoms with Gasteiger partial charge in [-0.2, -0.15) is 0 Å². The molecule has 0 spiro atoms. The second-order valence-corrected chi connectivity index (χ2v) is 6.62. The molecule has 3 rings (SSSR count). The minimum Gasteiger partial charge on any atom is -0.390 e. The van der Waals surface area contributed by atoms with Crippen LogP contribution in [0.2, 0.25) is 0 Å². The third kappa shape index (κ3) is 4.13. The maximum Gasteiger partial charge on any atom is 0.253 e. The van der Waals surface area contributed by atoms with Crippen LogP contribution in [0.1, 0.15) is 28.0 Å². The first kappa shape index (κ1) is 16.0. The molecule has 6 nitrogen and oxygen atoms in total. The van der Waals surface area contributed by atoms with E-state index in [-0.39, 0.29) is 11.9 Å². The van der Waals surface area contributed by atoms with Crippen molar-refractivity contribution in [1.29, 1.82) is 0 Å². The number of aliphatic hydroxyl groups excluding tert-OH is 1. The van der Waals surface area contributed by atoms with Crippen molar-refractivity contribution in [3.05, 3.63) is 46.2 Å². The third-order valence-electron chi connectivity index (χ3n) is 3.99. The van der Waals surface area contributed by atoms with Crippen LogP contribution in [-0.4, -0.2) is 51.1 Å². The second kappa shape index (κ2) is 7.16. The summed E-state index contributed by atoms with van der Waals surface area (Å²) < 4.78 is 0. The zero-order valence-corrected chi connectivity index (χ0v) is 13.8. The van der Waals surface area contributed by atoms with Crippen LogP contribution >= 0.6 is 11.3 Å². The SMILES string of the molecule is Cc1cncc(C(=O)N[C@@H]2CCN(Cc3cscn3)C[C@H]2O)c1. The van der Waals surface area contributed by atoms with E-state index < -0.39 is 6.10 Å². The van der Waals surface area contributed by atoms with Gasteiger partial charge in [0.1, 0.15) is 0 Å². The number of carbonyl (C=O) groups is 1. The molecule has 122 valence electrons. The fourth-order valence-corrected chi connectivity index (χ4v) is 3.33. The zero-order valence-electron chi connectivity index (χ0n) is 13.0. The van der Waals surface area contributed by atoms with Crippen molar-refractivity contribution >= 4 is 17.2 Å². The smallest absolute Gasteiger partial charge is 0.253 e. The van der Waals surface area contributed by atoms with E-state index >= 15 is 0 Å². The van der Waals surface area contributed by atoms with Gasteiger partial charge in [0.25, 0.3) is 5.91 Å². The Bertz CT molecular complexity index is 662. The topological polar surface area (TPSA) is 78.4 Å². The van der Waals surface area contributed by atoms with Crippen LogP contribution in [0, 0.1) is 6.92 Å². The van der Waals surface area contributed by atoms with Gasteiger partial charge in [0, 0.05) is 37.4 Å². The van der Waals surface area contributed by atoms with E-state index in [9.17, 15) is 9.90 Å². The molecule has 2 atom stereocenters. The van der Waals surface area contributed by atoms with E-state index in [1.807, 2.05) is 17.8 Å². The summed E-state index contributed by atoms with van der Waals surface area (Å²) in [5, 5.41) is 15.3. The normalized spacial score (nSPS) is 22.0. The number of β-amino-alcohol motifs (C(OH)–C–C–N with tert-alkyl or cyclic N) is 1. The largest absolute Gasteiger partial charge is 0.390 e. The van der Waals surface area contributed by atoms with Crippen LogP contribution in [0.25, 0.3) is 0 Å². The monoisotopic (exact) mass is 332 g/mol. The van der Waals surface area contributed by atoms with E-state index in [1.54, 1.807) is 29.8 Å². The Hall–Kier alpha value is -1.83. The lowest BCUT2D eigenvalue weighted by atomic mass is 10.0. The lowest BCUT2D eigenvalue weighted by Gasteiger charge is -2.35. The van der Waals surface area contributed by atoms with Gasteiger partial charge in [0.05, 0.1) is 28.9 Å². The molecule has 0 saturated carbocycles. The molecule has 0 aromatic carbocycles. The minimum absolute atomic E-state index is 0.182. The van der Waals surface area contributed by atoms with Gasteiger partial charge in [-0.05, 0) is 25.0 Å². The zero-order chi connectivity index (χ0) is 16.2. The molecule has 1 saturated heterocycles. The van der Waals surface area contributed by atoms with Crippen molar-refractivity contribution in [2.75, 3.05) is 13.1 Å². The molecular formula is C16H20N4O2S. The molecule has 0 bridgehead atoms. The molecule has 2 aromatic heterocycles. The number of aromatic nitrogens is 2. The summed E-state index contributed by atoms with van der Waals surface area (Å²) in [4.78, 5) is 22.7. The van der Waals surface area contributed by atoms with Crippen molar-refractivity contribution in [2.24, 2.45) is 0 Å². The van der Waals surface area contributed by atoms with E-state index in [0.717, 1.165) is 30.8 Å². The van der Waals surface area contributed by atoms with Gasteiger partial charge in [-0.3, -0.25) is 14.7 Å². The predicted molar refractivity (Wildman–Crippen MR) is 88.2 cm³/mol. The summed E-state index contributed by atoms with van der Waals surface area (Å²) in [5.74, 6) is -0.182. The Morgan fingerprint density at radius 2 is 2.39 bits per heavy atom. The van der Waals surface area contributed by atoms with E-state index in [2.05, 4.69) is 20.2 Å². The summed E-state index contributed by atoms with van der Waals surface area (Å²) in [6.45, 7) is 4.00. The first-order valence-corrected chi connectivity index (χ1v) is 8.56. The Morgan fingerprint density at radius 3 is 3.09 bits per heavy atom. The van der Waals surface area contributed by atoms with Crippen LogP contribution in [0.5, 0.6) is 0 Å². The Morgan fingerprint density at radius 1 is 1.52 bits per heavy atom. The molecule has 1 aliphatic rings. The Balaban J connectivity index is 1.55. The molecule has 2 N–H and O–H groups in total. The molecule has 1 amide bonds. The summed E-state index contributed by atoms with van der Waals surface area (Å²) in [7, 11) is 0. The fourth-order valence-electron chi connectivity index (χ4n) is 2.78. The fraction of sp³-hybridized carbons (Fsp3) is 0.438. The van der Waals surface area contributed by atoms with E-state index in [1.165, 1.54) is 0 Å². The first-order valence-electron chi connectivity index (χ1n) is 7.62. The van der Waals surface area contributed by atoms with Crippen molar-refractivity contribution in [2.45, 2.75) is 32.0 Å². The highest BCUT2D eigenvalue weighted by Crippen LogP contribution is 2.15. The number of thiazole rings is 1. The molecular weight excluding hydrogens is 312 g/mol. The molecule has 2 aromatic rings. The van der Waals surface area contributed by atoms with Crippen LogP contribution < -0.4 is 5.32 Å². The summed E-state index contributed by atoms with van der Waals surface area (Å²) in [6.07, 6.45) is 3.40. The van der Waals surface area contributed by atoms with Crippen LogP contribution in [0.15, 0.2) is 29.4 Å². The van der Waals surface area contributed by atoms with Crippen molar-refractivity contribution in [1.82, 2.24) is 20.2 Å². The van der Waals surface area contributed by atoms with Gasteiger partial charge in [-0.1, -0.05) is 0 Å². The lowest BCUT2D eigenvalue weighted by molar-refractivity contribution is 0.0346. The number of amides is 1. The number of aliphatic hydroxyl groups is 1. The van der Waals surface area contributed by atoms with Crippen LogP contribution in [-0.2, 0) is 6.54 Å². The van der Waals surface area contributed by atoms with Crippen molar-refractivity contribution < 1.29 is 9.90 Å². The van der Waals surface area contributed by atoms with Crippen LogP contribution in [0.3, 0.4) is 0 Å². The number of carbonyl (C=O) groups excluding carboxylic acids is 1. The number of piperidine rings is 1. The number of hydrogen-bond acceptors (Lipinski definition) is 6. The number of nitrogens with zero attached hydrogens (tertiary/aromatic N) is 3. The number of rotatable bonds is 4. The molecule has 0 aliphatic carbocycles. The minimum atomic E-state index is -0.580. The summed E-state index contributed by atoms with van der Waals surface area (Å²) in [5.41, 5.74) is 4.31. The van der Waals surface area contributed by atoms with Crippen molar-refractivity contribution in [3.8, 4) is 0 Å². The van der Waals surface area contributed by atoms with Gasteiger partial charge >= 0.3 is 0 Å². The molecule has 1 aliphatic heterocycles. The molecule has 0 unspecified atom stereocenters. The number of likely N-dealkylation sites (tertiary alicyclic amines) is 1. The summed E-state index contributed by atoms with van der Waals surface area (Å²) >= 11 is 1.57. The van der Waals surface area contributed by atoms with Gasteiger partial charge in [0.2, 0.25) is 0 Å². The van der Waals surface area contributed by atoms with Gasteiger partial charge < -0.3 is 10.4 Å². The Kier molecular flexibility index (Phi) is 5.00. The molecule has 3 heterocycles. The number of aryl methyl sites for hydroxylation is 1. The molecule has 1 fully saturated rings. The summed E-state index contributed by atoms with van der Waals surface area (Å²) in [6, 6.07) is 1.57. The highest BCUT2D eigenvalue weighted by atomic mass is 32.1. The Labute approximate surface area is 139 Å². The quantitative estimate of drug-likeness (QED) is 0.880. The third-order valence-corrected chi connectivity index (χ3v) is 4.62. The number of nitrogens with one attached hydrogen (secondary N) is 1. The number of hydrogen-bond donors (Lipinski definition) is 2. The molecule has 23 heavy (non-hydrogen) atoms. The highest BCUT2D eigenvalue weighted by molar-refractivity contribution is 7.07. The maximum absolute atomic E-state index is 12.3. The lowest BCUT2D eigenvalue weighted by Crippen LogP contribution is -2.53. The predicted octanol–water partition coefficient (Wildman–Crippen LogP) is 1.21. The molecule has 0 radical (unpaired) electrons. The van der Waals surface area contributed by atoms with Crippen molar-refractivity contribution in [3.63, 3.8) is 0 Å². The highest BCUT2D eigenvalue weighted by Gasteiger charge is 2.29. The molecule has 7 heteroatoms. The second-order valence-electron chi connectivity index (χ2n) is 5.90. The van der Waals surface area contributed by atoms with Crippen LogP contribution in [0.4, 0.5) is 0 Å². The maximum atomic E-state index is 12.3.